The molecule has 0 saturated carbocycles. The minimum atomic E-state index is -0.216. The molecule has 1 aliphatic heterocycles. The molecule has 1 aliphatic rings. The smallest absolute Gasteiger partial charge is 0.197 e. The molecule has 1 N–H and O–H groups in total. The predicted octanol–water partition coefficient (Wildman–Crippen LogP) is 4.18. The van der Waals surface area contributed by atoms with E-state index in [1.165, 1.54) is 0 Å². The Morgan fingerprint density at radius 2 is 1.91 bits per heavy atom. The van der Waals surface area contributed by atoms with E-state index < -0.39 is 0 Å². The fourth-order valence-electron chi connectivity index (χ4n) is 2.59. The molecule has 110 valence electrons. The number of hydrogen-bond donors (Lipinski definition) is 1. The molecule has 22 heavy (non-hydrogen) atoms. The molecule has 1 heterocycles. The third kappa shape index (κ3) is 2.42. The monoisotopic (exact) mass is 292 g/mol. The number of carbonyl (C=O) groups excluding carboxylic acids is 1. The number of ketones is 1. The Morgan fingerprint density at radius 3 is 2.68 bits per heavy atom. The highest BCUT2D eigenvalue weighted by atomic mass is 16.5. The Balaban J connectivity index is 2.09. The molecule has 0 atom stereocenters. The first-order chi connectivity index (χ1) is 10.7. The molecule has 0 saturated heterocycles. The fourth-order valence-corrected chi connectivity index (χ4v) is 2.59. The lowest BCUT2D eigenvalue weighted by molar-refractivity contribution is 0.105. The molecular formula is C19H16O3. The topological polar surface area (TPSA) is 46.5 Å². The molecule has 0 spiro atoms. The highest BCUT2D eigenvalue weighted by Crippen LogP contribution is 2.34. The molecule has 3 nitrogen and oxygen atoms in total. The van der Waals surface area contributed by atoms with E-state index in [1.54, 1.807) is 12.1 Å². The number of hydrogen-bond acceptors (Lipinski definition) is 3. The van der Waals surface area contributed by atoms with Crippen molar-refractivity contribution in [1.29, 1.82) is 0 Å². The van der Waals surface area contributed by atoms with Crippen molar-refractivity contribution in [2.75, 3.05) is 6.61 Å². The second-order valence-corrected chi connectivity index (χ2v) is 5.12. The highest BCUT2D eigenvalue weighted by molar-refractivity contribution is 6.29. The van der Waals surface area contributed by atoms with Crippen LogP contribution >= 0.6 is 0 Å². The third-order valence-corrected chi connectivity index (χ3v) is 3.72. The van der Waals surface area contributed by atoms with Crippen LogP contribution in [0.4, 0.5) is 0 Å². The minimum Gasteiger partial charge on any atom is -0.515 e. The number of para-hydroxylation sites is 1. The summed E-state index contributed by atoms with van der Waals surface area (Å²) >= 11 is 0. The highest BCUT2D eigenvalue weighted by Gasteiger charge is 2.21. The maximum Gasteiger partial charge on any atom is 0.197 e. The maximum atomic E-state index is 12.8. The normalized spacial score (nSPS) is 13.4. The number of allylic oxidation sites excluding steroid dienone is 1. The number of ether oxygens (including phenoxy) is 1. The summed E-state index contributed by atoms with van der Waals surface area (Å²) in [6, 6.07) is 12.9. The summed E-state index contributed by atoms with van der Waals surface area (Å²) in [5.74, 6) is 0.416. The van der Waals surface area contributed by atoms with Crippen molar-refractivity contribution in [2.45, 2.75) is 6.92 Å². The van der Waals surface area contributed by atoms with E-state index >= 15 is 0 Å². The van der Waals surface area contributed by atoms with Crippen LogP contribution in [0.2, 0.25) is 0 Å². The van der Waals surface area contributed by atoms with Gasteiger partial charge in [-0.05, 0) is 18.6 Å². The molecular weight excluding hydrogens is 276 g/mol. The zero-order valence-electron chi connectivity index (χ0n) is 12.2. The van der Waals surface area contributed by atoms with E-state index in [0.717, 1.165) is 17.4 Å². The molecule has 2 aromatic carbocycles. The molecule has 0 fully saturated rings. The summed E-state index contributed by atoms with van der Waals surface area (Å²) in [6.07, 6.45) is 4.74. The molecule has 0 amide bonds. The van der Waals surface area contributed by atoms with Gasteiger partial charge in [0.2, 0.25) is 0 Å². The second-order valence-electron chi connectivity index (χ2n) is 5.12. The van der Waals surface area contributed by atoms with Crippen LogP contribution in [0.1, 0.15) is 27.0 Å². The Labute approximate surface area is 129 Å². The van der Waals surface area contributed by atoms with Gasteiger partial charge >= 0.3 is 0 Å². The second kappa shape index (κ2) is 5.90. The maximum absolute atomic E-state index is 12.8. The number of aryl methyl sites for hydroxylation is 1. The first kappa shape index (κ1) is 14.1. The summed E-state index contributed by atoms with van der Waals surface area (Å²) in [5.41, 5.74) is 3.20. The van der Waals surface area contributed by atoms with Gasteiger partial charge in [0.05, 0.1) is 11.8 Å². The van der Waals surface area contributed by atoms with E-state index in [4.69, 9.17) is 4.74 Å². The van der Waals surface area contributed by atoms with Gasteiger partial charge in [0.25, 0.3) is 0 Å². The average molecular weight is 292 g/mol. The molecule has 0 aliphatic carbocycles. The number of aliphatic hydroxyl groups is 1. The molecule has 0 aromatic heterocycles. The zero-order valence-corrected chi connectivity index (χ0v) is 12.2. The molecule has 2 aromatic rings. The van der Waals surface area contributed by atoms with Crippen LogP contribution in [0.5, 0.6) is 5.75 Å². The van der Waals surface area contributed by atoms with Gasteiger partial charge in [-0.1, -0.05) is 48.5 Å². The van der Waals surface area contributed by atoms with Gasteiger partial charge in [0, 0.05) is 16.7 Å². The van der Waals surface area contributed by atoms with E-state index in [9.17, 15) is 9.90 Å². The fraction of sp³-hybridized carbons (Fsp3) is 0.105. The van der Waals surface area contributed by atoms with Crippen molar-refractivity contribution in [3.8, 4) is 5.75 Å². The summed E-state index contributed by atoms with van der Waals surface area (Å²) in [6.45, 7) is 2.34. The van der Waals surface area contributed by atoms with Gasteiger partial charge in [-0.2, -0.15) is 0 Å². The Hall–Kier alpha value is -2.81. The van der Waals surface area contributed by atoms with Crippen molar-refractivity contribution in [1.82, 2.24) is 0 Å². The van der Waals surface area contributed by atoms with Crippen molar-refractivity contribution in [2.24, 2.45) is 0 Å². The summed E-state index contributed by atoms with van der Waals surface area (Å²) in [4.78, 5) is 12.8. The Kier molecular flexibility index (Phi) is 3.79. The number of carbonyl (C=O) groups is 1. The molecule has 0 radical (unpaired) electrons. The van der Waals surface area contributed by atoms with Crippen LogP contribution in [0.15, 0.2) is 54.8 Å². The summed E-state index contributed by atoms with van der Waals surface area (Å²) in [7, 11) is 0. The first-order valence-electron chi connectivity index (χ1n) is 7.10. The van der Waals surface area contributed by atoms with Crippen LogP contribution in [0.25, 0.3) is 11.6 Å². The lowest BCUT2D eigenvalue weighted by atomic mass is 9.93. The van der Waals surface area contributed by atoms with Crippen LogP contribution in [-0.4, -0.2) is 17.5 Å². The number of benzene rings is 2. The average Bonchev–Trinajstić information content (AvgIpc) is 2.56. The van der Waals surface area contributed by atoms with Crippen LogP contribution < -0.4 is 4.74 Å². The largest absolute Gasteiger partial charge is 0.515 e. The molecule has 0 unspecified atom stereocenters. The minimum absolute atomic E-state index is 0.216. The van der Waals surface area contributed by atoms with Gasteiger partial charge < -0.3 is 9.84 Å². The van der Waals surface area contributed by atoms with Gasteiger partial charge in [0.15, 0.2) is 5.78 Å². The van der Waals surface area contributed by atoms with E-state index in [2.05, 4.69) is 0 Å². The van der Waals surface area contributed by atoms with Gasteiger partial charge in [0.1, 0.15) is 12.4 Å². The molecule has 0 bridgehead atoms. The van der Waals surface area contributed by atoms with Crippen LogP contribution in [0, 0.1) is 6.92 Å². The summed E-state index contributed by atoms with van der Waals surface area (Å²) in [5, 5.41) is 9.65. The number of Topliss-reactive ketones (excluding diaryl/α,β-unsaturated/α-hetero) is 1. The molecule has 3 rings (SSSR count). The predicted molar refractivity (Wildman–Crippen MR) is 87.1 cm³/mol. The van der Waals surface area contributed by atoms with Crippen molar-refractivity contribution in [3.05, 3.63) is 77.1 Å². The van der Waals surface area contributed by atoms with Crippen molar-refractivity contribution < 1.29 is 14.6 Å². The van der Waals surface area contributed by atoms with Gasteiger partial charge in [-0.15, -0.1) is 0 Å². The Bertz CT molecular complexity index is 785. The van der Waals surface area contributed by atoms with Crippen molar-refractivity contribution in [3.63, 3.8) is 0 Å². The lowest BCUT2D eigenvalue weighted by Crippen LogP contribution is -2.09. The zero-order chi connectivity index (χ0) is 15.5. The molecule has 3 heteroatoms. The quantitative estimate of drug-likeness (QED) is 0.524. The van der Waals surface area contributed by atoms with Crippen LogP contribution in [-0.2, 0) is 0 Å². The standard InChI is InChI=1S/C19H16O3/c1-13-6-2-3-9-15(13)18(21)17(12-20)16-10-4-7-14-8-5-11-22-19(14)16/h2-10,12,20H,11H2,1H3/b17-12+. The third-order valence-electron chi connectivity index (χ3n) is 3.72. The lowest BCUT2D eigenvalue weighted by Gasteiger charge is -2.17. The number of fused-ring (bicyclic) bond motifs is 1. The van der Waals surface area contributed by atoms with E-state index in [1.807, 2.05) is 49.4 Å². The SMILES string of the molecule is Cc1ccccc1C(=O)/C(=C/O)c1cccc2c1OCC=C2. The van der Waals surface area contributed by atoms with E-state index in [-0.39, 0.29) is 11.4 Å². The van der Waals surface area contributed by atoms with Gasteiger partial charge in [-0.25, -0.2) is 0 Å². The number of aliphatic hydroxyl groups excluding tert-OH is 1. The summed E-state index contributed by atoms with van der Waals surface area (Å²) < 4.78 is 5.66. The Morgan fingerprint density at radius 1 is 1.14 bits per heavy atom. The number of rotatable bonds is 3. The van der Waals surface area contributed by atoms with E-state index in [0.29, 0.717) is 23.5 Å². The first-order valence-corrected chi connectivity index (χ1v) is 7.10. The van der Waals surface area contributed by atoms with Crippen molar-refractivity contribution >= 4 is 17.4 Å². The van der Waals surface area contributed by atoms with Crippen LogP contribution in [0.3, 0.4) is 0 Å². The van der Waals surface area contributed by atoms with Gasteiger partial charge in [-0.3, -0.25) is 4.79 Å².